The summed E-state index contributed by atoms with van der Waals surface area (Å²) in [5.41, 5.74) is 1.05. The largest absolute Gasteiger partial charge is 0.475 e. The van der Waals surface area contributed by atoms with Gasteiger partial charge in [0.25, 0.3) is 0 Å². The van der Waals surface area contributed by atoms with E-state index in [1.165, 1.54) is 32.1 Å². The van der Waals surface area contributed by atoms with Crippen molar-refractivity contribution in [2.75, 3.05) is 25.6 Å². The van der Waals surface area contributed by atoms with Crippen LogP contribution in [-0.4, -0.2) is 31.3 Å². The third kappa shape index (κ3) is 7.34. The summed E-state index contributed by atoms with van der Waals surface area (Å²) < 4.78 is 10.4. The first kappa shape index (κ1) is 16.8. The van der Waals surface area contributed by atoms with Crippen molar-refractivity contribution in [3.8, 4) is 5.88 Å². The van der Waals surface area contributed by atoms with Crippen molar-refractivity contribution in [2.24, 2.45) is 0 Å². The van der Waals surface area contributed by atoms with Gasteiger partial charge in [-0.25, -0.2) is 4.98 Å². The van der Waals surface area contributed by atoms with Crippen molar-refractivity contribution < 1.29 is 9.47 Å². The van der Waals surface area contributed by atoms with Crippen molar-refractivity contribution in [3.05, 3.63) is 18.3 Å². The summed E-state index contributed by atoms with van der Waals surface area (Å²) >= 11 is 0. The van der Waals surface area contributed by atoms with Crippen LogP contribution in [0.1, 0.15) is 46.0 Å². The molecule has 0 aliphatic rings. The van der Waals surface area contributed by atoms with E-state index in [4.69, 9.17) is 9.47 Å². The molecule has 0 fully saturated rings. The normalized spacial score (nSPS) is 12.2. The fraction of sp³-hybridized carbons (Fsp3) is 0.688. The van der Waals surface area contributed by atoms with Gasteiger partial charge in [0.1, 0.15) is 6.61 Å². The maximum Gasteiger partial charge on any atom is 0.213 e. The molecule has 0 aliphatic carbocycles. The van der Waals surface area contributed by atoms with Crippen LogP contribution >= 0.6 is 0 Å². The Kier molecular flexibility index (Phi) is 8.79. The number of pyridine rings is 1. The van der Waals surface area contributed by atoms with E-state index in [9.17, 15) is 0 Å². The van der Waals surface area contributed by atoms with E-state index in [0.717, 1.165) is 5.69 Å². The molecule has 0 saturated carbocycles. The number of anilines is 1. The van der Waals surface area contributed by atoms with Crippen LogP contribution in [-0.2, 0) is 4.74 Å². The number of unbranched alkanes of at least 4 members (excludes halogenated alkanes) is 3. The van der Waals surface area contributed by atoms with Gasteiger partial charge in [-0.1, -0.05) is 32.6 Å². The first-order valence-corrected chi connectivity index (χ1v) is 7.60. The van der Waals surface area contributed by atoms with Gasteiger partial charge in [0.05, 0.1) is 18.5 Å². The van der Waals surface area contributed by atoms with Crippen molar-refractivity contribution in [3.63, 3.8) is 0 Å². The summed E-state index contributed by atoms with van der Waals surface area (Å²) in [7, 11) is 1.66. The van der Waals surface area contributed by atoms with E-state index < -0.39 is 0 Å². The lowest BCUT2D eigenvalue weighted by Crippen LogP contribution is -2.15. The first-order valence-electron chi connectivity index (χ1n) is 7.60. The molecular weight excluding hydrogens is 252 g/mol. The fourth-order valence-electron chi connectivity index (χ4n) is 2.01. The lowest BCUT2D eigenvalue weighted by atomic mass is 10.1. The molecule has 1 rings (SSSR count). The lowest BCUT2D eigenvalue weighted by molar-refractivity contribution is 0.144. The second kappa shape index (κ2) is 10.5. The summed E-state index contributed by atoms with van der Waals surface area (Å²) in [6, 6.07) is 4.38. The Labute approximate surface area is 122 Å². The smallest absolute Gasteiger partial charge is 0.213 e. The zero-order chi connectivity index (χ0) is 14.6. The molecule has 0 aliphatic heterocycles. The molecule has 1 aromatic heterocycles. The summed E-state index contributed by atoms with van der Waals surface area (Å²) in [6.07, 6.45) is 8.26. The van der Waals surface area contributed by atoms with Gasteiger partial charge in [0.2, 0.25) is 5.88 Å². The molecule has 1 unspecified atom stereocenters. The van der Waals surface area contributed by atoms with Crippen molar-refractivity contribution in [1.29, 1.82) is 0 Å². The van der Waals surface area contributed by atoms with Crippen LogP contribution in [0, 0.1) is 0 Å². The maximum atomic E-state index is 5.43. The van der Waals surface area contributed by atoms with Gasteiger partial charge in [-0.3, -0.25) is 0 Å². The van der Waals surface area contributed by atoms with Gasteiger partial charge < -0.3 is 14.8 Å². The molecule has 20 heavy (non-hydrogen) atoms. The number of aromatic nitrogens is 1. The molecule has 0 radical (unpaired) electrons. The Morgan fingerprint density at radius 2 is 2.05 bits per heavy atom. The summed E-state index contributed by atoms with van der Waals surface area (Å²) in [6.45, 7) is 5.57. The van der Waals surface area contributed by atoms with Crippen LogP contribution in [0.15, 0.2) is 18.3 Å². The number of methoxy groups -OCH3 is 1. The van der Waals surface area contributed by atoms with E-state index in [-0.39, 0.29) is 0 Å². The molecule has 0 aromatic carbocycles. The third-order valence-corrected chi connectivity index (χ3v) is 3.18. The molecule has 1 atom stereocenters. The van der Waals surface area contributed by atoms with Crippen molar-refractivity contribution in [1.82, 2.24) is 4.98 Å². The summed E-state index contributed by atoms with van der Waals surface area (Å²) in [5.74, 6) is 0.642. The van der Waals surface area contributed by atoms with Gasteiger partial charge in [-0.2, -0.15) is 0 Å². The Balaban J connectivity index is 2.26. The quantitative estimate of drug-likeness (QED) is 0.625. The first-order chi connectivity index (χ1) is 9.76. The standard InChI is InChI=1S/C16H28N2O2/c1-4-5-6-7-8-14(2)18-15-9-10-16(17-13-15)20-12-11-19-3/h9-10,13-14,18H,4-8,11-12H2,1-3H3. The molecule has 1 aromatic rings. The van der Waals surface area contributed by atoms with Gasteiger partial charge in [0.15, 0.2) is 0 Å². The Bertz CT molecular complexity index is 341. The predicted octanol–water partition coefficient (Wildman–Crippen LogP) is 3.88. The SMILES string of the molecule is CCCCCCC(C)Nc1ccc(OCCOC)nc1. The van der Waals surface area contributed by atoms with Gasteiger partial charge in [-0.15, -0.1) is 0 Å². The number of nitrogens with zero attached hydrogens (tertiary/aromatic N) is 1. The monoisotopic (exact) mass is 280 g/mol. The molecule has 0 amide bonds. The number of hydrogen-bond acceptors (Lipinski definition) is 4. The average molecular weight is 280 g/mol. The maximum absolute atomic E-state index is 5.43. The number of hydrogen-bond donors (Lipinski definition) is 1. The van der Waals surface area contributed by atoms with E-state index in [1.807, 2.05) is 18.3 Å². The number of rotatable bonds is 11. The molecule has 4 heteroatoms. The molecule has 4 nitrogen and oxygen atoms in total. The molecular formula is C16H28N2O2. The van der Waals surface area contributed by atoms with Crippen LogP contribution in [0.4, 0.5) is 5.69 Å². The second-order valence-corrected chi connectivity index (χ2v) is 5.12. The molecule has 1 N–H and O–H groups in total. The zero-order valence-electron chi connectivity index (χ0n) is 13.0. The van der Waals surface area contributed by atoms with E-state index in [0.29, 0.717) is 25.1 Å². The Hall–Kier alpha value is -1.29. The highest BCUT2D eigenvalue weighted by molar-refractivity contribution is 5.42. The lowest BCUT2D eigenvalue weighted by Gasteiger charge is -2.15. The fourth-order valence-corrected chi connectivity index (χ4v) is 2.01. The minimum atomic E-state index is 0.480. The molecule has 1 heterocycles. The van der Waals surface area contributed by atoms with Crippen LogP contribution < -0.4 is 10.1 Å². The van der Waals surface area contributed by atoms with Crippen LogP contribution in [0.2, 0.25) is 0 Å². The predicted molar refractivity (Wildman–Crippen MR) is 83.5 cm³/mol. The summed E-state index contributed by atoms with van der Waals surface area (Å²) in [4.78, 5) is 4.27. The van der Waals surface area contributed by atoms with Crippen LogP contribution in [0.5, 0.6) is 5.88 Å². The van der Waals surface area contributed by atoms with Crippen molar-refractivity contribution >= 4 is 5.69 Å². The second-order valence-electron chi connectivity index (χ2n) is 5.12. The molecule has 114 valence electrons. The topological polar surface area (TPSA) is 43.4 Å². The Morgan fingerprint density at radius 3 is 2.70 bits per heavy atom. The third-order valence-electron chi connectivity index (χ3n) is 3.18. The Morgan fingerprint density at radius 1 is 1.20 bits per heavy atom. The van der Waals surface area contributed by atoms with E-state index in [1.54, 1.807) is 7.11 Å². The van der Waals surface area contributed by atoms with Gasteiger partial charge >= 0.3 is 0 Å². The van der Waals surface area contributed by atoms with E-state index in [2.05, 4.69) is 24.1 Å². The van der Waals surface area contributed by atoms with Gasteiger partial charge in [-0.05, 0) is 19.4 Å². The highest BCUT2D eigenvalue weighted by atomic mass is 16.5. The van der Waals surface area contributed by atoms with Crippen LogP contribution in [0.3, 0.4) is 0 Å². The molecule has 0 bridgehead atoms. The zero-order valence-corrected chi connectivity index (χ0v) is 13.0. The minimum absolute atomic E-state index is 0.480. The summed E-state index contributed by atoms with van der Waals surface area (Å²) in [5, 5.41) is 3.47. The highest BCUT2D eigenvalue weighted by Gasteiger charge is 2.03. The number of ether oxygens (including phenoxy) is 2. The van der Waals surface area contributed by atoms with Gasteiger partial charge in [0, 0.05) is 19.2 Å². The highest BCUT2D eigenvalue weighted by Crippen LogP contribution is 2.14. The average Bonchev–Trinajstić information content (AvgIpc) is 2.46. The van der Waals surface area contributed by atoms with E-state index >= 15 is 0 Å². The van der Waals surface area contributed by atoms with Crippen LogP contribution in [0.25, 0.3) is 0 Å². The molecule has 0 saturated heterocycles. The molecule has 0 spiro atoms. The van der Waals surface area contributed by atoms with Crippen molar-refractivity contribution in [2.45, 2.75) is 52.0 Å². The number of nitrogens with one attached hydrogen (secondary N) is 1. The minimum Gasteiger partial charge on any atom is -0.475 e.